The monoisotopic (exact) mass is 392 g/mol. The number of fused-ring (bicyclic) bond motifs is 1. The molecule has 1 saturated carbocycles. The van der Waals surface area contributed by atoms with Gasteiger partial charge < -0.3 is 9.64 Å². The highest BCUT2D eigenvalue weighted by atomic mass is 16.5. The summed E-state index contributed by atoms with van der Waals surface area (Å²) in [5.41, 5.74) is 6.12. The van der Waals surface area contributed by atoms with Crippen molar-refractivity contribution in [2.75, 3.05) is 7.11 Å². The van der Waals surface area contributed by atoms with Gasteiger partial charge >= 0.3 is 0 Å². The van der Waals surface area contributed by atoms with E-state index < -0.39 is 0 Å². The molecule has 29 heavy (non-hydrogen) atoms. The Morgan fingerprint density at radius 1 is 1.21 bits per heavy atom. The third kappa shape index (κ3) is 4.11. The van der Waals surface area contributed by atoms with Crippen LogP contribution in [0.5, 0.6) is 5.75 Å². The number of benzene rings is 1. The lowest BCUT2D eigenvalue weighted by molar-refractivity contribution is -0.132. The van der Waals surface area contributed by atoms with Gasteiger partial charge in [0.25, 0.3) is 0 Å². The number of hydrogen-bond acceptors (Lipinski definition) is 4. The molecule has 152 valence electrons. The number of nitrogens with zero attached hydrogens (tertiary/aromatic N) is 4. The molecule has 0 N–H and O–H groups in total. The van der Waals surface area contributed by atoms with Gasteiger partial charge in [-0.15, -0.1) is 0 Å². The molecule has 6 nitrogen and oxygen atoms in total. The molecule has 4 rings (SSSR count). The zero-order valence-corrected chi connectivity index (χ0v) is 17.6. The van der Waals surface area contributed by atoms with Crippen LogP contribution in [-0.4, -0.2) is 38.6 Å². The fourth-order valence-corrected chi connectivity index (χ4v) is 3.91. The Bertz CT molecular complexity index is 1040. The first-order valence-electron chi connectivity index (χ1n) is 10.2. The predicted molar refractivity (Wildman–Crippen MR) is 112 cm³/mol. The summed E-state index contributed by atoms with van der Waals surface area (Å²) >= 11 is 0. The fraction of sp³-hybridized carbons (Fsp3) is 0.435. The number of hydrogen-bond donors (Lipinski definition) is 0. The highest BCUT2D eigenvalue weighted by Gasteiger charge is 2.32. The first-order chi connectivity index (χ1) is 14.0. The zero-order chi connectivity index (χ0) is 20.5. The van der Waals surface area contributed by atoms with Crippen molar-refractivity contribution in [1.29, 1.82) is 0 Å². The second kappa shape index (κ2) is 7.85. The highest BCUT2D eigenvalue weighted by Crippen LogP contribution is 2.30. The molecule has 1 aliphatic carbocycles. The molecule has 1 fully saturated rings. The molecule has 6 heteroatoms. The van der Waals surface area contributed by atoms with Crippen LogP contribution in [0.1, 0.15) is 47.5 Å². The third-order valence-electron chi connectivity index (χ3n) is 5.69. The summed E-state index contributed by atoms with van der Waals surface area (Å²) in [6.07, 6.45) is 3.37. The van der Waals surface area contributed by atoms with Crippen molar-refractivity contribution < 1.29 is 9.53 Å². The second-order valence-electron chi connectivity index (χ2n) is 7.92. The number of amides is 1. The minimum Gasteiger partial charge on any atom is -0.497 e. The first-order valence-corrected chi connectivity index (χ1v) is 10.2. The van der Waals surface area contributed by atoms with Crippen molar-refractivity contribution in [2.24, 2.45) is 0 Å². The molecule has 3 aromatic rings. The summed E-state index contributed by atoms with van der Waals surface area (Å²) < 4.78 is 7.12. The summed E-state index contributed by atoms with van der Waals surface area (Å²) in [4.78, 5) is 19.8. The molecule has 0 bridgehead atoms. The van der Waals surface area contributed by atoms with E-state index in [1.54, 1.807) is 7.11 Å². The molecule has 0 atom stereocenters. The van der Waals surface area contributed by atoms with Crippen molar-refractivity contribution in [3.05, 3.63) is 58.5 Å². The van der Waals surface area contributed by atoms with Crippen molar-refractivity contribution in [3.8, 4) is 5.75 Å². The van der Waals surface area contributed by atoms with E-state index in [1.807, 2.05) is 53.6 Å². The zero-order valence-electron chi connectivity index (χ0n) is 17.6. The molecule has 0 unspecified atom stereocenters. The maximum atomic E-state index is 13.1. The van der Waals surface area contributed by atoms with Crippen LogP contribution in [0.4, 0.5) is 0 Å². The van der Waals surface area contributed by atoms with Crippen LogP contribution in [-0.2, 0) is 17.8 Å². The summed E-state index contributed by atoms with van der Waals surface area (Å²) in [6, 6.07) is 10.3. The molecule has 0 radical (unpaired) electrons. The quantitative estimate of drug-likeness (QED) is 0.614. The lowest BCUT2D eigenvalue weighted by Gasteiger charge is -2.23. The molecule has 0 spiro atoms. The van der Waals surface area contributed by atoms with Crippen LogP contribution < -0.4 is 4.74 Å². The molecular formula is C23H28N4O2. The number of rotatable bonds is 7. The van der Waals surface area contributed by atoms with E-state index in [-0.39, 0.29) is 5.91 Å². The van der Waals surface area contributed by atoms with Crippen molar-refractivity contribution >= 4 is 11.6 Å². The Balaban J connectivity index is 1.48. The number of carbonyl (C=O) groups excluding carboxylic acids is 1. The van der Waals surface area contributed by atoms with Crippen LogP contribution in [0.3, 0.4) is 0 Å². The number of methoxy groups -OCH3 is 1. The Hall–Kier alpha value is -2.89. The number of aryl methyl sites for hydroxylation is 3. The van der Waals surface area contributed by atoms with Gasteiger partial charge in [0.2, 0.25) is 5.91 Å². The van der Waals surface area contributed by atoms with E-state index in [9.17, 15) is 4.79 Å². The minimum atomic E-state index is 0.207. The second-order valence-corrected chi connectivity index (χ2v) is 7.92. The average molecular weight is 393 g/mol. The molecule has 2 heterocycles. The van der Waals surface area contributed by atoms with Crippen LogP contribution in [0.25, 0.3) is 5.65 Å². The number of carbonyl (C=O) groups is 1. The molecule has 1 aromatic carbocycles. The topological polar surface area (TPSA) is 59.7 Å². The van der Waals surface area contributed by atoms with Crippen molar-refractivity contribution in [1.82, 2.24) is 19.5 Å². The van der Waals surface area contributed by atoms with Gasteiger partial charge in [-0.25, -0.2) is 9.50 Å². The molecule has 2 aromatic heterocycles. The lowest BCUT2D eigenvalue weighted by atomic mass is 10.1. The molecule has 0 saturated heterocycles. The smallest absolute Gasteiger partial charge is 0.223 e. The molecule has 0 aliphatic heterocycles. The van der Waals surface area contributed by atoms with Crippen molar-refractivity contribution in [3.63, 3.8) is 0 Å². The van der Waals surface area contributed by atoms with Gasteiger partial charge in [-0.3, -0.25) is 4.79 Å². The van der Waals surface area contributed by atoms with Crippen molar-refractivity contribution in [2.45, 2.75) is 59.0 Å². The van der Waals surface area contributed by atoms with Gasteiger partial charge in [-0.05, 0) is 63.3 Å². The largest absolute Gasteiger partial charge is 0.497 e. The van der Waals surface area contributed by atoms with Gasteiger partial charge in [-0.1, -0.05) is 12.1 Å². The van der Waals surface area contributed by atoms with Gasteiger partial charge in [0.05, 0.1) is 12.8 Å². The Morgan fingerprint density at radius 2 is 1.93 bits per heavy atom. The van der Waals surface area contributed by atoms with E-state index in [4.69, 9.17) is 4.74 Å². The van der Waals surface area contributed by atoms with Crippen LogP contribution >= 0.6 is 0 Å². The normalized spacial score (nSPS) is 13.7. The predicted octanol–water partition coefficient (Wildman–Crippen LogP) is 3.79. The average Bonchev–Trinajstić information content (AvgIpc) is 3.47. The summed E-state index contributed by atoms with van der Waals surface area (Å²) in [7, 11) is 1.66. The SMILES string of the molecule is COc1ccc(CN(C(=O)CCc2c(C)nc3cc(C)nn3c2C)C2CC2)cc1. The van der Waals surface area contributed by atoms with Crippen LogP contribution in [0.15, 0.2) is 30.3 Å². The fourth-order valence-electron chi connectivity index (χ4n) is 3.91. The molecular weight excluding hydrogens is 364 g/mol. The maximum Gasteiger partial charge on any atom is 0.223 e. The van der Waals surface area contributed by atoms with Gasteiger partial charge in [-0.2, -0.15) is 5.10 Å². The molecule has 1 amide bonds. The Kier molecular flexibility index (Phi) is 5.26. The summed E-state index contributed by atoms with van der Waals surface area (Å²) in [6.45, 7) is 6.70. The van der Waals surface area contributed by atoms with E-state index in [0.717, 1.165) is 52.4 Å². The van der Waals surface area contributed by atoms with E-state index >= 15 is 0 Å². The number of ether oxygens (including phenoxy) is 1. The van der Waals surface area contributed by atoms with Gasteiger partial charge in [0.1, 0.15) is 5.75 Å². The van der Waals surface area contributed by atoms with Crippen LogP contribution in [0, 0.1) is 20.8 Å². The van der Waals surface area contributed by atoms with Gasteiger partial charge in [0, 0.05) is 36.5 Å². The van der Waals surface area contributed by atoms with E-state index in [1.165, 1.54) is 0 Å². The first kappa shape index (κ1) is 19.4. The van der Waals surface area contributed by atoms with Gasteiger partial charge in [0.15, 0.2) is 5.65 Å². The van der Waals surface area contributed by atoms with E-state index in [0.29, 0.717) is 25.4 Å². The maximum absolute atomic E-state index is 13.1. The van der Waals surface area contributed by atoms with E-state index in [2.05, 4.69) is 17.0 Å². The Morgan fingerprint density at radius 3 is 2.59 bits per heavy atom. The third-order valence-corrected chi connectivity index (χ3v) is 5.69. The summed E-state index contributed by atoms with van der Waals surface area (Å²) in [5, 5.41) is 4.53. The highest BCUT2D eigenvalue weighted by molar-refractivity contribution is 5.77. The Labute approximate surface area is 171 Å². The minimum absolute atomic E-state index is 0.207. The lowest BCUT2D eigenvalue weighted by Crippen LogP contribution is -2.32. The molecule has 1 aliphatic rings. The van der Waals surface area contributed by atoms with Crippen LogP contribution in [0.2, 0.25) is 0 Å². The standard InChI is InChI=1S/C23H28N4O2/c1-15-13-22-24-16(2)21(17(3)27(22)25-15)11-12-23(28)26(19-7-8-19)14-18-5-9-20(29-4)10-6-18/h5-6,9-10,13,19H,7-8,11-12,14H2,1-4H3. The summed E-state index contributed by atoms with van der Waals surface area (Å²) in [5.74, 6) is 1.04. The number of aromatic nitrogens is 3.